The van der Waals surface area contributed by atoms with E-state index in [-0.39, 0.29) is 6.61 Å². The fourth-order valence-electron chi connectivity index (χ4n) is 3.16. The van der Waals surface area contributed by atoms with Crippen LogP contribution in [0.1, 0.15) is 28.4 Å². The van der Waals surface area contributed by atoms with Crippen LogP contribution < -0.4 is 24.4 Å². The molecule has 10 heteroatoms. The third-order valence-corrected chi connectivity index (χ3v) is 6.06. The Balaban J connectivity index is 1.69. The predicted molar refractivity (Wildman–Crippen MR) is 150 cm³/mol. The molecule has 0 aromatic heterocycles. The highest BCUT2D eigenvalue weighted by molar-refractivity contribution is 9.10. The number of hydrogen-bond donors (Lipinski definition) is 1. The number of hydrazone groups is 1. The Morgan fingerprint density at radius 2 is 1.86 bits per heavy atom. The molecule has 0 radical (unpaired) electrons. The molecule has 0 saturated carbocycles. The quantitative estimate of drug-likeness (QED) is 0.135. The number of rotatable bonds is 12. The van der Waals surface area contributed by atoms with Crippen LogP contribution in [0.2, 0.25) is 10.0 Å². The number of halogens is 3. The number of nitrogens with one attached hydrogen (secondary N) is 1. The number of carbonyl (C=O) groups is 1. The van der Waals surface area contributed by atoms with Crippen LogP contribution in [0.3, 0.4) is 0 Å². The number of methoxy groups -OCH3 is 1. The molecule has 1 N–H and O–H groups in total. The average Bonchev–Trinajstić information content (AvgIpc) is 2.88. The van der Waals surface area contributed by atoms with E-state index >= 15 is 0 Å². The third-order valence-electron chi connectivity index (χ3n) is 4.88. The van der Waals surface area contributed by atoms with Gasteiger partial charge in [-0.25, -0.2) is 5.43 Å². The summed E-state index contributed by atoms with van der Waals surface area (Å²) in [5, 5.41) is 5.13. The highest BCUT2D eigenvalue weighted by atomic mass is 79.9. The summed E-state index contributed by atoms with van der Waals surface area (Å²) in [7, 11) is 1.53. The Hall–Kier alpha value is -3.20. The van der Waals surface area contributed by atoms with Gasteiger partial charge in [0.2, 0.25) is 0 Å². The molecule has 194 valence electrons. The van der Waals surface area contributed by atoms with Crippen LogP contribution in [0.4, 0.5) is 0 Å². The average molecular weight is 608 g/mol. The lowest BCUT2D eigenvalue weighted by atomic mass is 10.2. The van der Waals surface area contributed by atoms with Gasteiger partial charge < -0.3 is 18.9 Å². The molecule has 0 aliphatic rings. The number of ether oxygens (including phenoxy) is 4. The van der Waals surface area contributed by atoms with Gasteiger partial charge in [0.1, 0.15) is 13.2 Å². The van der Waals surface area contributed by atoms with Crippen LogP contribution in [-0.2, 0) is 6.61 Å². The van der Waals surface area contributed by atoms with Crippen molar-refractivity contribution in [2.75, 3.05) is 20.3 Å². The Morgan fingerprint density at radius 1 is 1.05 bits per heavy atom. The van der Waals surface area contributed by atoms with Crippen LogP contribution in [0.25, 0.3) is 0 Å². The van der Waals surface area contributed by atoms with Crippen LogP contribution in [0.15, 0.2) is 70.8 Å². The molecule has 0 fully saturated rings. The minimum Gasteiger partial charge on any atom is -0.493 e. The third kappa shape index (κ3) is 7.89. The molecule has 0 heterocycles. The number of amides is 1. The molecular formula is C27H25BrCl2N2O5. The second-order valence-electron chi connectivity index (χ2n) is 7.45. The summed E-state index contributed by atoms with van der Waals surface area (Å²) in [6, 6.07) is 13.6. The Labute approximate surface area is 234 Å². The zero-order valence-electron chi connectivity index (χ0n) is 20.2. The van der Waals surface area contributed by atoms with Gasteiger partial charge in [-0.1, -0.05) is 41.9 Å². The Bertz CT molecular complexity index is 1300. The molecule has 3 aromatic rings. The zero-order valence-corrected chi connectivity index (χ0v) is 23.3. The van der Waals surface area contributed by atoms with E-state index in [1.165, 1.54) is 13.3 Å². The largest absolute Gasteiger partial charge is 0.493 e. The first kappa shape index (κ1) is 28.4. The maximum Gasteiger partial charge on any atom is 0.271 e. The van der Waals surface area contributed by atoms with Crippen molar-refractivity contribution in [3.63, 3.8) is 0 Å². The first-order valence-corrected chi connectivity index (χ1v) is 12.7. The second kappa shape index (κ2) is 13.9. The molecule has 7 nitrogen and oxygen atoms in total. The fourth-order valence-corrected chi connectivity index (χ4v) is 4.20. The van der Waals surface area contributed by atoms with Crippen molar-refractivity contribution < 1.29 is 23.7 Å². The van der Waals surface area contributed by atoms with E-state index in [1.807, 2.05) is 6.92 Å². The standard InChI is InChI=1S/C27H25BrCl2N2O5/c1-4-10-36-23-9-7-18(13-24(23)35-5-2)27(33)32-31-15-17-11-21(28)26(25(12-17)34-3)37-16-19-6-8-20(29)14-22(19)30/h4,6-9,11-15H,1,5,10,16H2,2-3H3,(H,32,33)/b31-15+. The van der Waals surface area contributed by atoms with Crippen molar-refractivity contribution in [3.8, 4) is 23.0 Å². The summed E-state index contributed by atoms with van der Waals surface area (Å²) in [5.41, 5.74) is 4.33. The number of hydrogen-bond acceptors (Lipinski definition) is 6. The lowest BCUT2D eigenvalue weighted by molar-refractivity contribution is 0.0954. The van der Waals surface area contributed by atoms with Gasteiger partial charge in [-0.2, -0.15) is 5.10 Å². The first-order valence-electron chi connectivity index (χ1n) is 11.1. The molecule has 3 rings (SSSR count). The molecule has 37 heavy (non-hydrogen) atoms. The smallest absolute Gasteiger partial charge is 0.271 e. The van der Waals surface area contributed by atoms with E-state index in [1.54, 1.807) is 54.6 Å². The van der Waals surface area contributed by atoms with Gasteiger partial charge in [-0.05, 0) is 70.9 Å². The molecular weight excluding hydrogens is 583 g/mol. The zero-order chi connectivity index (χ0) is 26.8. The monoisotopic (exact) mass is 606 g/mol. The lowest BCUT2D eigenvalue weighted by Gasteiger charge is -2.14. The number of benzene rings is 3. The maximum atomic E-state index is 12.6. The maximum absolute atomic E-state index is 12.6. The molecule has 0 unspecified atom stereocenters. The molecule has 0 bridgehead atoms. The summed E-state index contributed by atoms with van der Waals surface area (Å²) in [4.78, 5) is 12.6. The number of carbonyl (C=O) groups excluding carboxylic acids is 1. The van der Waals surface area contributed by atoms with Crippen LogP contribution in [-0.4, -0.2) is 32.4 Å². The molecule has 0 saturated heterocycles. The predicted octanol–water partition coefficient (Wildman–Crippen LogP) is 7.07. The fraction of sp³-hybridized carbons (Fsp3) is 0.185. The Morgan fingerprint density at radius 3 is 2.57 bits per heavy atom. The van der Waals surface area contributed by atoms with Crippen LogP contribution in [0.5, 0.6) is 23.0 Å². The SMILES string of the molecule is C=CCOc1ccc(C(=O)N/N=C/c2cc(Br)c(OCc3ccc(Cl)cc3Cl)c(OC)c2)cc1OCC. The van der Waals surface area contributed by atoms with Gasteiger partial charge in [-0.3, -0.25) is 4.79 Å². The van der Waals surface area contributed by atoms with E-state index in [2.05, 4.69) is 33.0 Å². The summed E-state index contributed by atoms with van der Waals surface area (Å²) in [5.74, 6) is 1.56. The molecule has 1 amide bonds. The van der Waals surface area contributed by atoms with E-state index in [0.717, 1.165) is 5.56 Å². The summed E-state index contributed by atoms with van der Waals surface area (Å²) >= 11 is 15.7. The number of nitrogens with zero attached hydrogens (tertiary/aromatic N) is 1. The highest BCUT2D eigenvalue weighted by Crippen LogP contribution is 2.37. The van der Waals surface area contributed by atoms with Crippen LogP contribution in [0, 0.1) is 0 Å². The van der Waals surface area contributed by atoms with Gasteiger partial charge in [-0.15, -0.1) is 0 Å². The lowest BCUT2D eigenvalue weighted by Crippen LogP contribution is -2.17. The van der Waals surface area contributed by atoms with Gasteiger partial charge in [0.05, 0.1) is 24.4 Å². The van der Waals surface area contributed by atoms with Gasteiger partial charge in [0.15, 0.2) is 23.0 Å². The summed E-state index contributed by atoms with van der Waals surface area (Å²) in [6.45, 7) is 6.46. The first-order chi connectivity index (χ1) is 17.9. The van der Waals surface area contributed by atoms with E-state index < -0.39 is 5.91 Å². The van der Waals surface area contributed by atoms with Gasteiger partial charge >= 0.3 is 0 Å². The summed E-state index contributed by atoms with van der Waals surface area (Å²) in [6.07, 6.45) is 3.13. The minimum atomic E-state index is -0.404. The van der Waals surface area contributed by atoms with Gasteiger partial charge in [0, 0.05) is 21.2 Å². The molecule has 0 atom stereocenters. The second-order valence-corrected chi connectivity index (χ2v) is 9.15. The van der Waals surface area contributed by atoms with Crippen molar-refractivity contribution in [3.05, 3.63) is 92.4 Å². The molecule has 0 spiro atoms. The van der Waals surface area contributed by atoms with Crippen molar-refractivity contribution in [2.24, 2.45) is 5.10 Å². The van der Waals surface area contributed by atoms with E-state index in [0.29, 0.717) is 61.9 Å². The minimum absolute atomic E-state index is 0.218. The molecule has 0 aliphatic carbocycles. The molecule has 3 aromatic carbocycles. The van der Waals surface area contributed by atoms with Crippen LogP contribution >= 0.6 is 39.1 Å². The van der Waals surface area contributed by atoms with Crippen molar-refractivity contribution >= 4 is 51.3 Å². The summed E-state index contributed by atoms with van der Waals surface area (Å²) < 4.78 is 23.2. The van der Waals surface area contributed by atoms with Crippen molar-refractivity contribution in [1.29, 1.82) is 0 Å². The van der Waals surface area contributed by atoms with Crippen molar-refractivity contribution in [1.82, 2.24) is 5.43 Å². The highest BCUT2D eigenvalue weighted by Gasteiger charge is 2.14. The normalized spacial score (nSPS) is 10.7. The Kier molecular flexibility index (Phi) is 10.7. The van der Waals surface area contributed by atoms with Gasteiger partial charge in [0.25, 0.3) is 5.91 Å². The van der Waals surface area contributed by atoms with E-state index in [4.69, 9.17) is 42.1 Å². The topological polar surface area (TPSA) is 78.4 Å². The van der Waals surface area contributed by atoms with Crippen molar-refractivity contribution in [2.45, 2.75) is 13.5 Å². The molecule has 0 aliphatic heterocycles. The van der Waals surface area contributed by atoms with E-state index in [9.17, 15) is 4.79 Å².